The van der Waals surface area contributed by atoms with Crippen LogP contribution in [0.5, 0.6) is 0 Å². The number of hydrogen-bond acceptors (Lipinski definition) is 1. The lowest BCUT2D eigenvalue weighted by molar-refractivity contribution is 0.265. The van der Waals surface area contributed by atoms with E-state index >= 15 is 0 Å². The molecule has 0 saturated carbocycles. The third kappa shape index (κ3) is 9.02. The van der Waals surface area contributed by atoms with Gasteiger partial charge in [0, 0.05) is 12.8 Å². The van der Waals surface area contributed by atoms with E-state index in [1.165, 1.54) is 12.8 Å². The fourth-order valence-electron chi connectivity index (χ4n) is 1.53. The Morgan fingerprint density at radius 3 is 1.53 bits per heavy atom. The second kappa shape index (κ2) is 9.32. The molecule has 0 aromatic rings. The van der Waals surface area contributed by atoms with Crippen LogP contribution in [0.4, 0.5) is 0 Å². The van der Waals surface area contributed by atoms with E-state index in [0.717, 1.165) is 49.0 Å². The fraction of sp³-hybridized carbons (Fsp3) is 0.750. The van der Waals surface area contributed by atoms with Gasteiger partial charge in [0.1, 0.15) is 0 Å². The second-order valence-electron chi connectivity index (χ2n) is 5.28. The molecule has 100 valence electrons. The first-order valence-corrected chi connectivity index (χ1v) is 7.02. The van der Waals surface area contributed by atoms with Gasteiger partial charge in [0.2, 0.25) is 0 Å². The quantitative estimate of drug-likeness (QED) is 0.445. The Kier molecular flexibility index (Phi) is 8.93. The van der Waals surface area contributed by atoms with Gasteiger partial charge in [-0.3, -0.25) is 0 Å². The Balaban J connectivity index is 3.69. The average Bonchev–Trinajstić information content (AvgIpc) is 2.32. The molecule has 0 spiro atoms. The molecule has 0 radical (unpaired) electrons. The van der Waals surface area contributed by atoms with Crippen molar-refractivity contribution in [3.8, 4) is 0 Å². The standard InChI is InChI=1S/C16H30O/c1-7-13(3)9-11-15(5)17-16(6)12-10-14(4)8-2/h13-14H,5-12H2,1-4H3. The van der Waals surface area contributed by atoms with Gasteiger partial charge in [-0.15, -0.1) is 0 Å². The van der Waals surface area contributed by atoms with Crippen molar-refractivity contribution in [3.63, 3.8) is 0 Å². The van der Waals surface area contributed by atoms with Crippen molar-refractivity contribution < 1.29 is 4.74 Å². The fourth-order valence-corrected chi connectivity index (χ4v) is 1.53. The van der Waals surface area contributed by atoms with Crippen LogP contribution in [0.2, 0.25) is 0 Å². The van der Waals surface area contributed by atoms with Gasteiger partial charge in [-0.1, -0.05) is 53.7 Å². The third-order valence-corrected chi connectivity index (χ3v) is 3.51. The molecule has 0 rings (SSSR count). The molecule has 0 aromatic carbocycles. The predicted molar refractivity (Wildman–Crippen MR) is 76.7 cm³/mol. The summed E-state index contributed by atoms with van der Waals surface area (Å²) in [7, 11) is 0. The normalized spacial score (nSPS) is 14.1. The van der Waals surface area contributed by atoms with Crippen molar-refractivity contribution in [3.05, 3.63) is 24.7 Å². The first-order valence-electron chi connectivity index (χ1n) is 7.02. The summed E-state index contributed by atoms with van der Waals surface area (Å²) in [5.74, 6) is 3.26. The van der Waals surface area contributed by atoms with Crippen molar-refractivity contribution in [1.82, 2.24) is 0 Å². The van der Waals surface area contributed by atoms with E-state index in [0.29, 0.717) is 0 Å². The van der Waals surface area contributed by atoms with E-state index in [2.05, 4.69) is 40.9 Å². The van der Waals surface area contributed by atoms with E-state index in [1.807, 2.05) is 0 Å². The largest absolute Gasteiger partial charge is 0.467 e. The second-order valence-corrected chi connectivity index (χ2v) is 5.28. The monoisotopic (exact) mass is 238 g/mol. The minimum atomic E-state index is 0.753. The maximum atomic E-state index is 5.65. The van der Waals surface area contributed by atoms with Crippen molar-refractivity contribution in [1.29, 1.82) is 0 Å². The summed E-state index contributed by atoms with van der Waals surface area (Å²) in [5.41, 5.74) is 0. The Labute approximate surface area is 108 Å². The van der Waals surface area contributed by atoms with Crippen molar-refractivity contribution in [2.24, 2.45) is 11.8 Å². The van der Waals surface area contributed by atoms with Crippen molar-refractivity contribution in [2.75, 3.05) is 0 Å². The molecule has 0 heterocycles. The number of hydrogen-bond donors (Lipinski definition) is 0. The molecule has 0 bridgehead atoms. The summed E-state index contributed by atoms with van der Waals surface area (Å²) in [6.45, 7) is 16.9. The average molecular weight is 238 g/mol. The first kappa shape index (κ1) is 16.3. The molecule has 2 atom stereocenters. The highest BCUT2D eigenvalue weighted by Crippen LogP contribution is 2.20. The number of rotatable bonds is 10. The van der Waals surface area contributed by atoms with E-state index in [-0.39, 0.29) is 0 Å². The van der Waals surface area contributed by atoms with Gasteiger partial charge in [-0.25, -0.2) is 0 Å². The summed E-state index contributed by atoms with van der Waals surface area (Å²) < 4.78 is 5.65. The molecule has 17 heavy (non-hydrogen) atoms. The highest BCUT2D eigenvalue weighted by Gasteiger charge is 2.05. The lowest BCUT2D eigenvalue weighted by Gasteiger charge is -2.14. The van der Waals surface area contributed by atoms with Crippen LogP contribution < -0.4 is 0 Å². The maximum absolute atomic E-state index is 5.65. The zero-order chi connectivity index (χ0) is 13.3. The van der Waals surface area contributed by atoms with Gasteiger partial charge in [0.15, 0.2) is 0 Å². The molecule has 2 unspecified atom stereocenters. The molecular weight excluding hydrogens is 208 g/mol. The van der Waals surface area contributed by atoms with Gasteiger partial charge >= 0.3 is 0 Å². The summed E-state index contributed by atoms with van der Waals surface area (Å²) in [5, 5.41) is 0. The maximum Gasteiger partial charge on any atom is 0.0964 e. The van der Waals surface area contributed by atoms with Gasteiger partial charge in [-0.2, -0.15) is 0 Å². The van der Waals surface area contributed by atoms with Gasteiger partial charge in [0.25, 0.3) is 0 Å². The Bertz CT molecular complexity index is 206. The van der Waals surface area contributed by atoms with Gasteiger partial charge < -0.3 is 4.74 Å². The first-order chi connectivity index (χ1) is 7.99. The van der Waals surface area contributed by atoms with Gasteiger partial charge in [-0.05, 0) is 24.7 Å². The molecule has 0 amide bonds. The lowest BCUT2D eigenvalue weighted by Crippen LogP contribution is -1.98. The highest BCUT2D eigenvalue weighted by molar-refractivity contribution is 4.93. The molecule has 1 nitrogen and oxygen atoms in total. The number of ether oxygens (including phenoxy) is 1. The van der Waals surface area contributed by atoms with Crippen LogP contribution >= 0.6 is 0 Å². The van der Waals surface area contributed by atoms with E-state index < -0.39 is 0 Å². The van der Waals surface area contributed by atoms with Crippen molar-refractivity contribution in [2.45, 2.75) is 66.2 Å². The predicted octanol–water partition coefficient (Wildman–Crippen LogP) is 5.68. The van der Waals surface area contributed by atoms with E-state index in [1.54, 1.807) is 0 Å². The van der Waals surface area contributed by atoms with Crippen LogP contribution in [-0.2, 0) is 4.74 Å². The highest BCUT2D eigenvalue weighted by atomic mass is 16.5. The molecule has 0 saturated heterocycles. The van der Waals surface area contributed by atoms with Gasteiger partial charge in [0.05, 0.1) is 11.5 Å². The van der Waals surface area contributed by atoms with E-state index in [4.69, 9.17) is 4.74 Å². The SMILES string of the molecule is C=C(CCC(C)CC)OC(=C)CCC(C)CC. The summed E-state index contributed by atoms with van der Waals surface area (Å²) in [4.78, 5) is 0. The summed E-state index contributed by atoms with van der Waals surface area (Å²) >= 11 is 0. The molecule has 0 aliphatic carbocycles. The molecule has 1 heteroatoms. The van der Waals surface area contributed by atoms with E-state index in [9.17, 15) is 0 Å². The number of allylic oxidation sites excluding steroid dienone is 2. The van der Waals surface area contributed by atoms with Crippen LogP contribution in [0.15, 0.2) is 24.7 Å². The smallest absolute Gasteiger partial charge is 0.0964 e. The minimum Gasteiger partial charge on any atom is -0.467 e. The molecule has 0 aromatic heterocycles. The molecule has 0 N–H and O–H groups in total. The zero-order valence-electron chi connectivity index (χ0n) is 12.2. The third-order valence-electron chi connectivity index (χ3n) is 3.51. The molecule has 0 aliphatic rings. The zero-order valence-corrected chi connectivity index (χ0v) is 12.2. The topological polar surface area (TPSA) is 9.23 Å². The molecule has 0 aliphatic heterocycles. The Morgan fingerprint density at radius 1 is 0.882 bits per heavy atom. The van der Waals surface area contributed by atoms with Crippen LogP contribution in [-0.4, -0.2) is 0 Å². The Hall–Kier alpha value is -0.720. The Morgan fingerprint density at radius 2 is 1.24 bits per heavy atom. The molecular formula is C16H30O. The summed E-state index contributed by atoms with van der Waals surface area (Å²) in [6, 6.07) is 0. The van der Waals surface area contributed by atoms with Crippen LogP contribution in [0.25, 0.3) is 0 Å². The van der Waals surface area contributed by atoms with Crippen LogP contribution in [0.3, 0.4) is 0 Å². The summed E-state index contributed by atoms with van der Waals surface area (Å²) in [6.07, 6.45) is 6.68. The van der Waals surface area contributed by atoms with Crippen molar-refractivity contribution >= 4 is 0 Å². The van der Waals surface area contributed by atoms with Crippen LogP contribution in [0, 0.1) is 11.8 Å². The minimum absolute atomic E-state index is 0.753. The van der Waals surface area contributed by atoms with Crippen LogP contribution in [0.1, 0.15) is 66.2 Å². The lowest BCUT2D eigenvalue weighted by atomic mass is 10.0. The molecule has 0 fully saturated rings.